The molecule has 10 rings (SSSR count). The van der Waals surface area contributed by atoms with Crippen LogP contribution in [0.5, 0.6) is 11.8 Å². The normalized spacial score (nSPS) is 11.0. The van der Waals surface area contributed by atoms with E-state index >= 15 is 17.6 Å². The van der Waals surface area contributed by atoms with Crippen LogP contribution in [-0.2, 0) is 48.6 Å². The van der Waals surface area contributed by atoms with Gasteiger partial charge in [0.05, 0.1) is 81.1 Å². The van der Waals surface area contributed by atoms with Crippen molar-refractivity contribution in [3.05, 3.63) is 225 Å². The van der Waals surface area contributed by atoms with Crippen LogP contribution < -0.4 is 9.47 Å². The number of carboxylic acid groups (broad SMARTS) is 2. The quantitative estimate of drug-likeness (QED) is 0.0678. The minimum Gasteiger partial charge on any atom is -0.478 e. The van der Waals surface area contributed by atoms with Crippen molar-refractivity contribution in [3.63, 3.8) is 0 Å². The van der Waals surface area contributed by atoms with E-state index in [1.165, 1.54) is 38.5 Å². The summed E-state index contributed by atoms with van der Waals surface area (Å²) in [5.41, 5.74) is 5.69. The Morgan fingerprint density at radius 3 is 1.28 bits per heavy atom. The van der Waals surface area contributed by atoms with Crippen LogP contribution >= 0.6 is 0 Å². The lowest BCUT2D eigenvalue weighted by Crippen LogP contribution is -2.10. The van der Waals surface area contributed by atoms with Gasteiger partial charge in [-0.25, -0.2) is 47.1 Å². The molecular formula is C62H48F4N8O8. The molecule has 0 atom stereocenters. The van der Waals surface area contributed by atoms with Crippen molar-refractivity contribution in [2.75, 3.05) is 27.4 Å². The highest BCUT2D eigenvalue weighted by Crippen LogP contribution is 2.31. The Kier molecular flexibility index (Phi) is 17.7. The number of aromatic nitrogens is 6. The topological polar surface area (TPSA) is 221 Å². The average molecular weight is 1110 g/mol. The number of methoxy groups -OCH3 is 2. The van der Waals surface area contributed by atoms with Crippen LogP contribution in [0.25, 0.3) is 44.6 Å². The van der Waals surface area contributed by atoms with Gasteiger partial charge in [0.1, 0.15) is 48.1 Å². The second kappa shape index (κ2) is 25.7. The zero-order chi connectivity index (χ0) is 57.9. The molecule has 16 nitrogen and oxygen atoms in total. The molecule has 0 aliphatic heterocycles. The fourth-order valence-corrected chi connectivity index (χ4v) is 8.88. The molecule has 0 saturated heterocycles. The summed E-state index contributed by atoms with van der Waals surface area (Å²) in [7, 11) is 3.08. The lowest BCUT2D eigenvalue weighted by atomic mass is 10.0. The summed E-state index contributed by atoms with van der Waals surface area (Å²) in [5, 5.41) is 36.6. The van der Waals surface area contributed by atoms with E-state index in [1.807, 2.05) is 0 Å². The molecule has 0 unspecified atom stereocenters. The highest BCUT2D eigenvalue weighted by atomic mass is 19.1. The highest BCUT2D eigenvalue weighted by molar-refractivity contribution is 5.93. The van der Waals surface area contributed by atoms with E-state index < -0.39 is 35.2 Å². The molecule has 0 amide bonds. The summed E-state index contributed by atoms with van der Waals surface area (Å²) in [6.45, 7) is 1.73. The number of carbonyl (C=O) groups is 2. The van der Waals surface area contributed by atoms with E-state index in [4.69, 9.17) is 29.5 Å². The SMILES string of the molecule is COCCn1c(Cc2cc(F)c(-c3cccc(OCc4ccc(C#N)cc4)n3)cc2F)nc2ccc(C(=O)O)cc21.COCCn1c(Cc2cc(F)c(-c3cccc(OCc4ccc(C#N)cc4)n3)cc2F)nc2ccc(C(=O)O)cc21. The third-order valence-corrected chi connectivity index (χ3v) is 13.1. The molecule has 10 aromatic rings. The largest absolute Gasteiger partial charge is 0.478 e. The van der Waals surface area contributed by atoms with Crippen molar-refractivity contribution in [3.8, 4) is 46.4 Å². The van der Waals surface area contributed by atoms with Gasteiger partial charge in [0, 0.05) is 63.4 Å². The predicted octanol–water partition coefficient (Wildman–Crippen LogP) is 11.5. The molecule has 0 saturated carbocycles. The maximum absolute atomic E-state index is 15.4. The van der Waals surface area contributed by atoms with E-state index in [-0.39, 0.29) is 82.6 Å². The van der Waals surface area contributed by atoms with Gasteiger partial charge in [-0.05, 0) is 119 Å². The molecule has 0 radical (unpaired) electrons. The second-order valence-corrected chi connectivity index (χ2v) is 18.5. The number of ether oxygens (including phenoxy) is 4. The lowest BCUT2D eigenvalue weighted by molar-refractivity contribution is 0.0686. The fraction of sp³-hybridized carbons (Fsp3) is 0.161. The Balaban J connectivity index is 0.000000198. The Hall–Kier alpha value is -10.3. The highest BCUT2D eigenvalue weighted by Gasteiger charge is 2.21. The molecule has 20 heteroatoms. The van der Waals surface area contributed by atoms with Gasteiger partial charge in [0.15, 0.2) is 0 Å². The molecule has 4 aromatic heterocycles. The summed E-state index contributed by atoms with van der Waals surface area (Å²) in [5.74, 6) is -3.37. The Bertz CT molecular complexity index is 3820. The molecule has 0 fully saturated rings. The minimum atomic E-state index is -1.08. The standard InChI is InChI=1S/2C31H24F2N4O4/c2*1-40-12-11-37-28-14-21(31(38)39)9-10-27(28)35-29(37)15-22-13-25(33)23(16-24(22)32)26-3-2-4-30(36-26)41-18-20-7-5-19(17-34)6-8-20/h2*2-10,13-14,16H,11-12,15,18H2,1H3,(H,38,39). The van der Waals surface area contributed by atoms with Crippen LogP contribution in [0.15, 0.2) is 146 Å². The van der Waals surface area contributed by atoms with Crippen molar-refractivity contribution in [1.29, 1.82) is 10.5 Å². The summed E-state index contributed by atoms with van der Waals surface area (Å²) in [4.78, 5) is 40.8. The molecular weight excluding hydrogens is 1060 g/mol. The van der Waals surface area contributed by atoms with Gasteiger partial charge in [-0.1, -0.05) is 36.4 Å². The van der Waals surface area contributed by atoms with E-state index in [0.29, 0.717) is 71.1 Å². The van der Waals surface area contributed by atoms with Crippen molar-refractivity contribution in [2.45, 2.75) is 39.1 Å². The molecule has 412 valence electrons. The maximum atomic E-state index is 15.4. The number of fused-ring (bicyclic) bond motifs is 2. The van der Waals surface area contributed by atoms with Gasteiger partial charge in [0.25, 0.3) is 0 Å². The lowest BCUT2D eigenvalue weighted by Gasteiger charge is -2.12. The van der Waals surface area contributed by atoms with Crippen molar-refractivity contribution in [1.82, 2.24) is 29.1 Å². The van der Waals surface area contributed by atoms with Crippen LogP contribution in [0.4, 0.5) is 17.6 Å². The van der Waals surface area contributed by atoms with Gasteiger partial charge in [-0.3, -0.25) is 0 Å². The van der Waals surface area contributed by atoms with Crippen molar-refractivity contribution < 1.29 is 56.3 Å². The van der Waals surface area contributed by atoms with Crippen LogP contribution in [-0.4, -0.2) is 78.7 Å². The molecule has 6 aromatic carbocycles. The zero-order valence-electron chi connectivity index (χ0n) is 43.9. The first-order valence-corrected chi connectivity index (χ1v) is 25.3. The molecule has 0 aliphatic rings. The van der Waals surface area contributed by atoms with Crippen LogP contribution in [0.3, 0.4) is 0 Å². The molecule has 0 spiro atoms. The van der Waals surface area contributed by atoms with Gasteiger partial charge < -0.3 is 38.3 Å². The minimum absolute atomic E-state index is 0.0194. The summed E-state index contributed by atoms with van der Waals surface area (Å²) >= 11 is 0. The number of aromatic carboxylic acids is 2. The predicted molar refractivity (Wildman–Crippen MR) is 293 cm³/mol. The average Bonchev–Trinajstić information content (AvgIpc) is 4.24. The summed E-state index contributed by atoms with van der Waals surface area (Å²) in [6.07, 6.45) is -0.0456. The summed E-state index contributed by atoms with van der Waals surface area (Å²) < 4.78 is 86.7. The van der Waals surface area contributed by atoms with E-state index in [2.05, 4.69) is 32.1 Å². The Morgan fingerprint density at radius 2 is 0.915 bits per heavy atom. The number of nitrogens with zero attached hydrogens (tertiary/aromatic N) is 8. The number of halogens is 4. The van der Waals surface area contributed by atoms with Gasteiger partial charge in [-0.2, -0.15) is 10.5 Å². The molecule has 82 heavy (non-hydrogen) atoms. The first kappa shape index (κ1) is 56.4. The first-order valence-electron chi connectivity index (χ1n) is 25.3. The van der Waals surface area contributed by atoms with Crippen molar-refractivity contribution >= 4 is 34.0 Å². The number of pyridine rings is 2. The molecule has 2 N–H and O–H groups in total. The van der Waals surface area contributed by atoms with E-state index in [0.717, 1.165) is 35.4 Å². The fourth-order valence-electron chi connectivity index (χ4n) is 8.88. The number of hydrogen-bond acceptors (Lipinski definition) is 12. The van der Waals surface area contributed by atoms with E-state index in [9.17, 15) is 19.8 Å². The van der Waals surface area contributed by atoms with Crippen LogP contribution in [0.2, 0.25) is 0 Å². The maximum Gasteiger partial charge on any atom is 0.335 e. The zero-order valence-corrected chi connectivity index (χ0v) is 43.9. The molecule has 0 aliphatic carbocycles. The molecule has 4 heterocycles. The van der Waals surface area contributed by atoms with E-state index in [1.54, 1.807) is 106 Å². The molecule has 0 bridgehead atoms. The number of nitriles is 2. The third kappa shape index (κ3) is 13.2. The Morgan fingerprint density at radius 1 is 0.512 bits per heavy atom. The van der Waals surface area contributed by atoms with Gasteiger partial charge in [-0.15, -0.1) is 0 Å². The first-order chi connectivity index (χ1) is 39.7. The number of imidazole rings is 2. The van der Waals surface area contributed by atoms with Gasteiger partial charge in [0.2, 0.25) is 11.8 Å². The smallest absolute Gasteiger partial charge is 0.335 e. The summed E-state index contributed by atoms with van der Waals surface area (Å²) in [6, 6.07) is 41.1. The second-order valence-electron chi connectivity index (χ2n) is 18.5. The third-order valence-electron chi connectivity index (χ3n) is 13.1. The number of rotatable bonds is 20. The number of benzene rings is 6. The number of hydrogen-bond donors (Lipinski definition) is 2. The van der Waals surface area contributed by atoms with Crippen LogP contribution in [0, 0.1) is 45.9 Å². The van der Waals surface area contributed by atoms with Gasteiger partial charge >= 0.3 is 11.9 Å². The van der Waals surface area contributed by atoms with Crippen LogP contribution in [0.1, 0.15) is 65.7 Å². The number of carboxylic acids is 2. The van der Waals surface area contributed by atoms with Crippen molar-refractivity contribution in [2.24, 2.45) is 0 Å². The monoisotopic (exact) mass is 1110 g/mol. The Labute approximate surface area is 466 Å².